The van der Waals surface area contributed by atoms with Crippen molar-refractivity contribution in [3.8, 4) is 5.75 Å². The molecule has 2 rings (SSSR count). The van der Waals surface area contributed by atoms with Gasteiger partial charge in [-0.1, -0.05) is 0 Å². The molecule has 0 aliphatic heterocycles. The molecule has 1 aromatic heterocycles. The van der Waals surface area contributed by atoms with E-state index >= 15 is 0 Å². The monoisotopic (exact) mass is 247 g/mol. The van der Waals surface area contributed by atoms with Crippen LogP contribution in [0, 0.1) is 6.92 Å². The molecule has 18 heavy (non-hydrogen) atoms. The van der Waals surface area contributed by atoms with Gasteiger partial charge < -0.3 is 15.2 Å². The fourth-order valence-corrected chi connectivity index (χ4v) is 1.74. The Hall–Kier alpha value is -1.88. The van der Waals surface area contributed by atoms with Gasteiger partial charge in [0.15, 0.2) is 0 Å². The fourth-order valence-electron chi connectivity index (χ4n) is 1.74. The summed E-state index contributed by atoms with van der Waals surface area (Å²) in [6.45, 7) is 3.79. The number of hydrogen-bond acceptors (Lipinski definition) is 5. The van der Waals surface area contributed by atoms with Gasteiger partial charge in [-0.2, -0.15) is 0 Å². The van der Waals surface area contributed by atoms with Crippen molar-refractivity contribution in [1.82, 2.24) is 9.97 Å². The van der Waals surface area contributed by atoms with E-state index in [4.69, 9.17) is 9.84 Å². The first-order valence-electron chi connectivity index (χ1n) is 5.84. The molecule has 0 radical (unpaired) electrons. The zero-order chi connectivity index (χ0) is 13.1. The molecular weight excluding hydrogens is 230 g/mol. The Morgan fingerprint density at radius 3 is 2.83 bits per heavy atom. The molecule has 5 heteroatoms. The Kier molecular flexibility index (Phi) is 3.62. The van der Waals surface area contributed by atoms with E-state index in [1.54, 1.807) is 7.11 Å². The van der Waals surface area contributed by atoms with Crippen molar-refractivity contribution in [2.45, 2.75) is 19.9 Å². The third-order valence-corrected chi connectivity index (χ3v) is 2.67. The van der Waals surface area contributed by atoms with Crippen LogP contribution in [0.4, 0.5) is 5.82 Å². The third kappa shape index (κ3) is 2.51. The summed E-state index contributed by atoms with van der Waals surface area (Å²) in [5, 5.41) is 13.2. The van der Waals surface area contributed by atoms with Gasteiger partial charge >= 0.3 is 0 Å². The summed E-state index contributed by atoms with van der Waals surface area (Å²) in [5.41, 5.74) is 0.857. The fraction of sp³-hybridized carbons (Fsp3) is 0.385. The molecule has 0 aliphatic carbocycles. The summed E-state index contributed by atoms with van der Waals surface area (Å²) in [4.78, 5) is 8.75. The van der Waals surface area contributed by atoms with Crippen molar-refractivity contribution < 1.29 is 9.84 Å². The van der Waals surface area contributed by atoms with Crippen LogP contribution in [0.25, 0.3) is 10.9 Å². The predicted molar refractivity (Wildman–Crippen MR) is 71.0 cm³/mol. The molecule has 0 spiro atoms. The second-order valence-electron chi connectivity index (χ2n) is 4.23. The lowest BCUT2D eigenvalue weighted by atomic mass is 10.2. The second kappa shape index (κ2) is 5.18. The van der Waals surface area contributed by atoms with E-state index in [1.165, 1.54) is 0 Å². The summed E-state index contributed by atoms with van der Waals surface area (Å²) in [5.74, 6) is 2.17. The Bertz CT molecular complexity index is 557. The van der Waals surface area contributed by atoms with Gasteiger partial charge in [-0.3, -0.25) is 0 Å². The highest BCUT2D eigenvalue weighted by molar-refractivity contribution is 5.90. The normalized spacial score (nSPS) is 12.4. The standard InChI is InChI=1S/C13H17N3O2/c1-8(7-17)14-13-11-6-10(18-3)4-5-12(11)15-9(2)16-13/h4-6,8,17H,7H2,1-3H3,(H,14,15,16). The first-order chi connectivity index (χ1) is 8.63. The Labute approximate surface area is 106 Å². The maximum absolute atomic E-state index is 9.11. The number of nitrogens with one attached hydrogen (secondary N) is 1. The summed E-state index contributed by atoms with van der Waals surface area (Å²) < 4.78 is 5.21. The van der Waals surface area contributed by atoms with Crippen molar-refractivity contribution in [2.75, 3.05) is 19.0 Å². The van der Waals surface area contributed by atoms with Crippen LogP contribution in [-0.2, 0) is 0 Å². The van der Waals surface area contributed by atoms with Crippen molar-refractivity contribution in [3.05, 3.63) is 24.0 Å². The second-order valence-corrected chi connectivity index (χ2v) is 4.23. The van der Waals surface area contributed by atoms with Gasteiger partial charge in [0, 0.05) is 11.4 Å². The van der Waals surface area contributed by atoms with Gasteiger partial charge in [-0.25, -0.2) is 9.97 Å². The summed E-state index contributed by atoms with van der Waals surface area (Å²) in [7, 11) is 1.62. The molecule has 0 fully saturated rings. The number of fused-ring (bicyclic) bond motifs is 1. The van der Waals surface area contributed by atoms with Crippen molar-refractivity contribution in [3.63, 3.8) is 0 Å². The summed E-state index contributed by atoms with van der Waals surface area (Å²) >= 11 is 0. The number of anilines is 1. The van der Waals surface area contributed by atoms with E-state index in [2.05, 4.69) is 15.3 Å². The minimum Gasteiger partial charge on any atom is -0.497 e. The molecule has 0 amide bonds. The number of aliphatic hydroxyl groups is 1. The van der Waals surface area contributed by atoms with Crippen LogP contribution in [0.5, 0.6) is 5.75 Å². The number of rotatable bonds is 4. The summed E-state index contributed by atoms with van der Waals surface area (Å²) in [6, 6.07) is 5.60. The quantitative estimate of drug-likeness (QED) is 0.861. The maximum atomic E-state index is 9.11. The van der Waals surface area contributed by atoms with E-state index in [9.17, 15) is 0 Å². The minimum absolute atomic E-state index is 0.0501. The van der Waals surface area contributed by atoms with Crippen LogP contribution >= 0.6 is 0 Å². The molecule has 96 valence electrons. The van der Waals surface area contributed by atoms with Crippen molar-refractivity contribution in [1.29, 1.82) is 0 Å². The smallest absolute Gasteiger partial charge is 0.138 e. The van der Waals surface area contributed by atoms with Gasteiger partial charge in [0.25, 0.3) is 0 Å². The first-order valence-corrected chi connectivity index (χ1v) is 5.84. The molecular formula is C13H17N3O2. The van der Waals surface area contributed by atoms with Gasteiger partial charge in [0.1, 0.15) is 17.4 Å². The molecule has 2 aromatic rings. The Morgan fingerprint density at radius 1 is 1.39 bits per heavy atom. The molecule has 2 N–H and O–H groups in total. The zero-order valence-corrected chi connectivity index (χ0v) is 10.8. The van der Waals surface area contributed by atoms with Gasteiger partial charge in [0.05, 0.1) is 19.2 Å². The van der Waals surface area contributed by atoms with Crippen LogP contribution in [0.15, 0.2) is 18.2 Å². The average molecular weight is 247 g/mol. The highest BCUT2D eigenvalue weighted by atomic mass is 16.5. The van der Waals surface area contributed by atoms with E-state index in [0.717, 1.165) is 22.5 Å². The minimum atomic E-state index is -0.0614. The number of hydrogen-bond donors (Lipinski definition) is 2. The maximum Gasteiger partial charge on any atom is 0.138 e. The van der Waals surface area contributed by atoms with E-state index in [-0.39, 0.29) is 12.6 Å². The van der Waals surface area contributed by atoms with Crippen LogP contribution in [0.3, 0.4) is 0 Å². The molecule has 1 atom stereocenters. The number of nitrogens with zero attached hydrogens (tertiary/aromatic N) is 2. The number of ether oxygens (including phenoxy) is 1. The van der Waals surface area contributed by atoms with Gasteiger partial charge in [-0.15, -0.1) is 0 Å². The van der Waals surface area contributed by atoms with Gasteiger partial charge in [0.2, 0.25) is 0 Å². The molecule has 1 unspecified atom stereocenters. The average Bonchev–Trinajstić information content (AvgIpc) is 2.38. The molecule has 0 bridgehead atoms. The van der Waals surface area contributed by atoms with E-state index in [0.29, 0.717) is 5.82 Å². The van der Waals surface area contributed by atoms with Crippen LogP contribution < -0.4 is 10.1 Å². The number of aromatic nitrogens is 2. The molecule has 0 saturated heterocycles. The topological polar surface area (TPSA) is 67.3 Å². The van der Waals surface area contributed by atoms with Crippen LogP contribution in [0.2, 0.25) is 0 Å². The summed E-state index contributed by atoms with van der Waals surface area (Å²) in [6.07, 6.45) is 0. The zero-order valence-electron chi connectivity index (χ0n) is 10.8. The molecule has 0 saturated carbocycles. The van der Waals surface area contributed by atoms with Crippen LogP contribution in [-0.4, -0.2) is 34.8 Å². The van der Waals surface area contributed by atoms with Crippen LogP contribution in [0.1, 0.15) is 12.7 Å². The van der Waals surface area contributed by atoms with E-state index in [1.807, 2.05) is 32.0 Å². The molecule has 5 nitrogen and oxygen atoms in total. The predicted octanol–water partition coefficient (Wildman–Crippen LogP) is 1.74. The Morgan fingerprint density at radius 2 is 2.17 bits per heavy atom. The number of aliphatic hydroxyl groups excluding tert-OH is 1. The largest absolute Gasteiger partial charge is 0.497 e. The number of benzene rings is 1. The first kappa shape index (κ1) is 12.6. The third-order valence-electron chi connectivity index (χ3n) is 2.67. The highest BCUT2D eigenvalue weighted by Gasteiger charge is 2.09. The lowest BCUT2D eigenvalue weighted by Gasteiger charge is -2.14. The van der Waals surface area contributed by atoms with Crippen molar-refractivity contribution >= 4 is 16.7 Å². The van der Waals surface area contributed by atoms with Crippen molar-refractivity contribution in [2.24, 2.45) is 0 Å². The number of methoxy groups -OCH3 is 1. The molecule has 1 heterocycles. The lowest BCUT2D eigenvalue weighted by Crippen LogP contribution is -2.20. The van der Waals surface area contributed by atoms with Gasteiger partial charge in [-0.05, 0) is 32.0 Å². The number of aryl methyl sites for hydroxylation is 1. The molecule has 1 aromatic carbocycles. The molecule has 0 aliphatic rings. The SMILES string of the molecule is COc1ccc2nc(C)nc(NC(C)CO)c2c1. The Balaban J connectivity index is 2.54. The lowest BCUT2D eigenvalue weighted by molar-refractivity contribution is 0.281. The highest BCUT2D eigenvalue weighted by Crippen LogP contribution is 2.25. The van der Waals surface area contributed by atoms with E-state index < -0.39 is 0 Å².